The Morgan fingerprint density at radius 2 is 1.83 bits per heavy atom. The van der Waals surface area contributed by atoms with Gasteiger partial charge >= 0.3 is 0 Å². The highest BCUT2D eigenvalue weighted by Crippen LogP contribution is 2.45. The fourth-order valence-electron chi connectivity index (χ4n) is 5.83. The monoisotopic (exact) mass is 410 g/mol. The zero-order valence-corrected chi connectivity index (χ0v) is 18.0. The van der Waals surface area contributed by atoms with E-state index in [0.717, 1.165) is 38.3 Å². The third kappa shape index (κ3) is 3.64. The number of likely N-dealkylation sites (N-methyl/N-ethyl adjacent to an activating group) is 1. The summed E-state index contributed by atoms with van der Waals surface area (Å²) in [4.78, 5) is 2.50. The molecule has 0 saturated heterocycles. The average Bonchev–Trinajstić information content (AvgIpc) is 3.21. The Bertz CT molecular complexity index is 906. The summed E-state index contributed by atoms with van der Waals surface area (Å²) in [6.07, 6.45) is 8.79. The molecule has 2 atom stereocenters. The van der Waals surface area contributed by atoms with E-state index in [9.17, 15) is 5.11 Å². The van der Waals surface area contributed by atoms with E-state index in [0.29, 0.717) is 17.0 Å². The van der Waals surface area contributed by atoms with Crippen LogP contribution in [0.25, 0.3) is 0 Å². The lowest BCUT2D eigenvalue weighted by molar-refractivity contribution is 0.214. The number of phenolic OH excluding ortho intramolecular Hbond substituents is 1. The van der Waals surface area contributed by atoms with Gasteiger partial charge in [-0.1, -0.05) is 30.5 Å². The molecule has 1 aliphatic heterocycles. The second kappa shape index (κ2) is 7.85. The second-order valence-corrected chi connectivity index (χ2v) is 9.67. The van der Waals surface area contributed by atoms with Gasteiger partial charge in [0.1, 0.15) is 5.75 Å². The number of nitrogens with one attached hydrogen (secondary N) is 1. The average molecular weight is 411 g/mol. The van der Waals surface area contributed by atoms with Gasteiger partial charge in [-0.2, -0.15) is 0 Å². The molecular weight excluding hydrogens is 380 g/mol. The minimum atomic E-state index is 0.204. The molecule has 1 heterocycles. The first-order valence-corrected chi connectivity index (χ1v) is 11.6. The fourth-order valence-corrected chi connectivity index (χ4v) is 6.01. The Morgan fingerprint density at radius 3 is 2.66 bits per heavy atom. The molecule has 4 heteroatoms. The number of anilines is 1. The molecule has 5 rings (SSSR count). The summed E-state index contributed by atoms with van der Waals surface area (Å²) in [5, 5.41) is 14.5. The van der Waals surface area contributed by atoms with E-state index in [1.807, 2.05) is 12.1 Å². The molecule has 0 aromatic heterocycles. The lowest BCUT2D eigenvalue weighted by Gasteiger charge is -2.38. The number of aryl methyl sites for hydroxylation is 1. The summed E-state index contributed by atoms with van der Waals surface area (Å²) < 4.78 is 0. The smallest absolute Gasteiger partial charge is 0.134 e. The van der Waals surface area contributed by atoms with Crippen LogP contribution in [0.15, 0.2) is 30.3 Å². The van der Waals surface area contributed by atoms with Crippen molar-refractivity contribution in [2.24, 2.45) is 5.92 Å². The van der Waals surface area contributed by atoms with Crippen LogP contribution in [0.1, 0.15) is 60.3 Å². The zero-order chi connectivity index (χ0) is 20.0. The topological polar surface area (TPSA) is 35.5 Å². The van der Waals surface area contributed by atoms with Crippen molar-refractivity contribution in [1.29, 1.82) is 0 Å². The van der Waals surface area contributed by atoms with Crippen LogP contribution in [0.4, 0.5) is 5.69 Å². The molecule has 3 aliphatic rings. The number of phenols is 1. The van der Waals surface area contributed by atoms with Gasteiger partial charge in [0, 0.05) is 30.7 Å². The number of aromatic hydroxyl groups is 1. The predicted octanol–water partition coefficient (Wildman–Crippen LogP) is 5.58. The third-order valence-electron chi connectivity index (χ3n) is 7.49. The number of hydrogen-bond acceptors (Lipinski definition) is 3. The molecule has 2 aromatic carbocycles. The Balaban J connectivity index is 1.48. The van der Waals surface area contributed by atoms with E-state index >= 15 is 0 Å². The molecule has 0 spiro atoms. The van der Waals surface area contributed by atoms with Gasteiger partial charge in [-0.15, -0.1) is 0 Å². The standard InChI is InChI=1S/C25H31ClN2O/c1-28-11-10-18-13-22(26)24(29)14-21(18)25-20-8-7-19(12-17(20)6-9-23(25)28)27-15-16-4-2-3-5-16/h7-8,12-14,16,23,25,27,29H,2-6,9-11,15H2,1H3/t23-,25+/m0/s1. The quantitative estimate of drug-likeness (QED) is 0.693. The second-order valence-electron chi connectivity index (χ2n) is 9.26. The molecule has 154 valence electrons. The molecule has 0 radical (unpaired) electrons. The van der Waals surface area contributed by atoms with E-state index < -0.39 is 0 Å². The van der Waals surface area contributed by atoms with Crippen LogP contribution in [-0.2, 0) is 12.8 Å². The van der Waals surface area contributed by atoms with Crippen LogP contribution in [-0.4, -0.2) is 36.2 Å². The highest BCUT2D eigenvalue weighted by atomic mass is 35.5. The SMILES string of the molecule is CN1CCc2cc(Cl)c(O)cc2[C@H]2c3ccc(NCC4CCCC4)cc3CC[C@@H]21. The lowest BCUT2D eigenvalue weighted by Crippen LogP contribution is -2.39. The summed E-state index contributed by atoms with van der Waals surface area (Å²) in [6, 6.07) is 11.3. The maximum absolute atomic E-state index is 10.3. The minimum absolute atomic E-state index is 0.204. The molecule has 29 heavy (non-hydrogen) atoms. The van der Waals surface area contributed by atoms with Crippen LogP contribution in [0.2, 0.25) is 5.02 Å². The lowest BCUT2D eigenvalue weighted by atomic mass is 9.74. The molecule has 0 unspecified atom stereocenters. The number of hydrogen-bond donors (Lipinski definition) is 2. The van der Waals surface area contributed by atoms with Gasteiger partial charge < -0.3 is 15.3 Å². The highest BCUT2D eigenvalue weighted by Gasteiger charge is 2.37. The number of fused-ring (bicyclic) bond motifs is 5. The normalized spacial score (nSPS) is 24.5. The zero-order valence-electron chi connectivity index (χ0n) is 17.3. The van der Waals surface area contributed by atoms with Gasteiger partial charge in [0.05, 0.1) is 5.02 Å². The Kier molecular flexibility index (Phi) is 5.21. The molecule has 2 N–H and O–H groups in total. The van der Waals surface area contributed by atoms with Crippen LogP contribution in [0.3, 0.4) is 0 Å². The van der Waals surface area contributed by atoms with Gasteiger partial charge in [0.2, 0.25) is 0 Å². The van der Waals surface area contributed by atoms with Gasteiger partial charge in [0.15, 0.2) is 0 Å². The third-order valence-corrected chi connectivity index (χ3v) is 7.79. The molecule has 1 saturated carbocycles. The highest BCUT2D eigenvalue weighted by molar-refractivity contribution is 6.32. The maximum Gasteiger partial charge on any atom is 0.134 e. The Morgan fingerprint density at radius 1 is 1.03 bits per heavy atom. The van der Waals surface area contributed by atoms with Gasteiger partial charge in [-0.05, 0) is 91.6 Å². The maximum atomic E-state index is 10.3. The summed E-state index contributed by atoms with van der Waals surface area (Å²) in [7, 11) is 2.24. The van der Waals surface area contributed by atoms with Crippen molar-refractivity contribution in [1.82, 2.24) is 4.90 Å². The molecule has 2 aromatic rings. The largest absolute Gasteiger partial charge is 0.506 e. The van der Waals surface area contributed by atoms with Crippen LogP contribution >= 0.6 is 11.6 Å². The first-order chi connectivity index (χ1) is 14.1. The van der Waals surface area contributed by atoms with Crippen molar-refractivity contribution in [2.75, 3.05) is 25.5 Å². The molecule has 0 amide bonds. The number of halogens is 1. The Labute approximate surface area is 179 Å². The first-order valence-electron chi connectivity index (χ1n) is 11.2. The molecule has 1 fully saturated rings. The molecule has 3 nitrogen and oxygen atoms in total. The number of nitrogens with zero attached hydrogens (tertiary/aromatic N) is 1. The van der Waals surface area contributed by atoms with Crippen molar-refractivity contribution in [3.05, 3.63) is 57.6 Å². The van der Waals surface area contributed by atoms with E-state index in [2.05, 4.69) is 35.5 Å². The summed E-state index contributed by atoms with van der Waals surface area (Å²) in [5.41, 5.74) is 6.68. The predicted molar refractivity (Wildman–Crippen MR) is 120 cm³/mol. The summed E-state index contributed by atoms with van der Waals surface area (Å²) in [6.45, 7) is 2.13. The number of rotatable bonds is 3. The van der Waals surface area contributed by atoms with Gasteiger partial charge in [-0.25, -0.2) is 0 Å². The summed E-state index contributed by atoms with van der Waals surface area (Å²) >= 11 is 6.25. The van der Waals surface area contributed by atoms with Crippen molar-refractivity contribution >= 4 is 17.3 Å². The minimum Gasteiger partial charge on any atom is -0.506 e. The van der Waals surface area contributed by atoms with E-state index in [1.54, 1.807) is 0 Å². The van der Waals surface area contributed by atoms with Crippen molar-refractivity contribution in [2.45, 2.75) is 56.9 Å². The number of benzene rings is 2. The fraction of sp³-hybridized carbons (Fsp3) is 0.520. The van der Waals surface area contributed by atoms with Crippen LogP contribution < -0.4 is 5.32 Å². The molecule has 0 bridgehead atoms. The van der Waals surface area contributed by atoms with E-state index in [1.165, 1.54) is 53.6 Å². The van der Waals surface area contributed by atoms with Gasteiger partial charge in [-0.3, -0.25) is 0 Å². The van der Waals surface area contributed by atoms with E-state index in [-0.39, 0.29) is 5.75 Å². The first kappa shape index (κ1) is 19.3. The van der Waals surface area contributed by atoms with Gasteiger partial charge in [0.25, 0.3) is 0 Å². The Hall–Kier alpha value is -1.71. The van der Waals surface area contributed by atoms with Crippen molar-refractivity contribution < 1.29 is 5.11 Å². The van der Waals surface area contributed by atoms with Crippen molar-refractivity contribution in [3.8, 4) is 5.75 Å². The van der Waals surface area contributed by atoms with Crippen molar-refractivity contribution in [3.63, 3.8) is 0 Å². The van der Waals surface area contributed by atoms with Crippen LogP contribution in [0, 0.1) is 5.92 Å². The van der Waals surface area contributed by atoms with Crippen LogP contribution in [0.5, 0.6) is 5.75 Å². The molecule has 2 aliphatic carbocycles. The molecular formula is C25H31ClN2O. The van der Waals surface area contributed by atoms with E-state index in [4.69, 9.17) is 11.6 Å². The summed E-state index contributed by atoms with van der Waals surface area (Å²) in [5.74, 6) is 1.34.